The number of hydrogen-bond acceptors (Lipinski definition) is 8. The smallest absolute Gasteiger partial charge is 0.344 e. The van der Waals surface area contributed by atoms with Gasteiger partial charge in [0.2, 0.25) is 5.43 Å². The molecule has 3 rings (SSSR count). The average Bonchev–Trinajstić information content (AvgIpc) is 2.77. The van der Waals surface area contributed by atoms with Gasteiger partial charge < -0.3 is 19.4 Å². The third-order valence-electron chi connectivity index (χ3n) is 4.63. The summed E-state index contributed by atoms with van der Waals surface area (Å²) in [5, 5.41) is 13.6. The molecule has 1 amide bonds. The zero-order valence-corrected chi connectivity index (χ0v) is 17.6. The molecule has 0 aliphatic heterocycles. The van der Waals surface area contributed by atoms with Crippen molar-refractivity contribution in [3.63, 3.8) is 0 Å². The average molecular weight is 440 g/mol. The number of benzene rings is 1. The number of nitrogens with zero attached hydrogens (tertiary/aromatic N) is 3. The number of nitro groups is 1. The van der Waals surface area contributed by atoms with Gasteiger partial charge >= 0.3 is 5.97 Å². The molecule has 11 nitrogen and oxygen atoms in total. The second-order valence-corrected chi connectivity index (χ2v) is 6.75. The number of non-ortho nitro benzene ring substituents is 1. The summed E-state index contributed by atoms with van der Waals surface area (Å²) >= 11 is 0. The van der Waals surface area contributed by atoms with E-state index in [-0.39, 0.29) is 28.1 Å². The van der Waals surface area contributed by atoms with E-state index in [2.05, 4.69) is 10.3 Å². The van der Waals surface area contributed by atoms with E-state index in [0.29, 0.717) is 12.2 Å². The largest absolute Gasteiger partial charge is 0.494 e. The third kappa shape index (κ3) is 4.56. The van der Waals surface area contributed by atoms with Gasteiger partial charge in [0.05, 0.1) is 29.2 Å². The van der Waals surface area contributed by atoms with Crippen molar-refractivity contribution in [1.82, 2.24) is 9.55 Å². The van der Waals surface area contributed by atoms with Crippen LogP contribution in [-0.4, -0.2) is 40.1 Å². The number of nitrogens with one attached hydrogen (secondary N) is 1. The Morgan fingerprint density at radius 2 is 2.00 bits per heavy atom. The molecule has 0 saturated heterocycles. The molecule has 0 saturated carbocycles. The molecule has 0 atom stereocenters. The second kappa shape index (κ2) is 9.25. The topological polar surface area (TPSA) is 143 Å². The van der Waals surface area contributed by atoms with Crippen molar-refractivity contribution in [3.05, 3.63) is 68.1 Å². The number of aromatic nitrogens is 2. The number of fused-ring (bicyclic) bond motifs is 1. The Balaban J connectivity index is 1.76. The summed E-state index contributed by atoms with van der Waals surface area (Å²) in [7, 11) is 1.30. The van der Waals surface area contributed by atoms with Gasteiger partial charge in [-0.15, -0.1) is 0 Å². The molecule has 2 aromatic heterocycles. The normalized spacial score (nSPS) is 10.6. The predicted molar refractivity (Wildman–Crippen MR) is 115 cm³/mol. The number of aryl methyl sites for hydroxylation is 2. The van der Waals surface area contributed by atoms with Crippen LogP contribution in [0.5, 0.6) is 5.75 Å². The van der Waals surface area contributed by atoms with E-state index >= 15 is 0 Å². The maximum Gasteiger partial charge on any atom is 0.344 e. The number of amides is 1. The van der Waals surface area contributed by atoms with Crippen LogP contribution in [0.15, 0.2) is 41.3 Å². The highest BCUT2D eigenvalue weighted by Crippen LogP contribution is 2.28. The van der Waals surface area contributed by atoms with Crippen LogP contribution >= 0.6 is 0 Å². The molecule has 32 heavy (non-hydrogen) atoms. The summed E-state index contributed by atoms with van der Waals surface area (Å²) in [5.74, 6) is -1.59. The van der Waals surface area contributed by atoms with E-state index in [1.165, 1.54) is 25.4 Å². The standard InChI is InChI=1S/C21H20N4O7/c1-4-24-10-15(19(27)14-7-5-12(2)22-20(14)24)21(28)32-11-18(26)23-16-8-6-13(25(29)30)9-17(16)31-3/h5-10H,4,11H2,1-3H3,(H,23,26). The summed E-state index contributed by atoms with van der Waals surface area (Å²) in [6.45, 7) is 3.43. The minimum Gasteiger partial charge on any atom is -0.494 e. The fourth-order valence-electron chi connectivity index (χ4n) is 3.04. The van der Waals surface area contributed by atoms with Gasteiger partial charge in [-0.3, -0.25) is 19.7 Å². The van der Waals surface area contributed by atoms with Crippen LogP contribution in [-0.2, 0) is 16.1 Å². The zero-order chi connectivity index (χ0) is 23.4. The second-order valence-electron chi connectivity index (χ2n) is 6.75. The van der Waals surface area contributed by atoms with Crippen molar-refractivity contribution in [2.24, 2.45) is 0 Å². The SMILES string of the molecule is CCn1cc(C(=O)OCC(=O)Nc2ccc([N+](=O)[O-])cc2OC)c(=O)c2ccc(C)nc21. The number of carbonyl (C=O) groups excluding carboxylic acids is 2. The lowest BCUT2D eigenvalue weighted by Crippen LogP contribution is -2.25. The molecule has 0 bridgehead atoms. The first-order valence-corrected chi connectivity index (χ1v) is 9.55. The Kier molecular flexibility index (Phi) is 6.47. The lowest BCUT2D eigenvalue weighted by molar-refractivity contribution is -0.384. The van der Waals surface area contributed by atoms with Crippen LogP contribution in [0.2, 0.25) is 0 Å². The first-order chi connectivity index (χ1) is 15.2. The molecule has 0 spiro atoms. The molecule has 0 aliphatic carbocycles. The maximum absolute atomic E-state index is 12.7. The minimum atomic E-state index is -0.953. The maximum atomic E-state index is 12.7. The van der Waals surface area contributed by atoms with E-state index in [4.69, 9.17) is 9.47 Å². The number of pyridine rings is 2. The number of rotatable bonds is 7. The molecule has 166 valence electrons. The number of anilines is 1. The highest BCUT2D eigenvalue weighted by Gasteiger charge is 2.19. The Morgan fingerprint density at radius 3 is 2.66 bits per heavy atom. The summed E-state index contributed by atoms with van der Waals surface area (Å²) in [5.41, 5.74) is 0.384. The van der Waals surface area contributed by atoms with Crippen LogP contribution in [0.3, 0.4) is 0 Å². The Bertz CT molecular complexity index is 1280. The predicted octanol–water partition coefficient (Wildman–Crippen LogP) is 2.44. The molecule has 0 fully saturated rings. The third-order valence-corrected chi connectivity index (χ3v) is 4.63. The van der Waals surface area contributed by atoms with Gasteiger partial charge in [0.1, 0.15) is 17.0 Å². The first kappa shape index (κ1) is 22.4. The van der Waals surface area contributed by atoms with E-state index in [1.807, 2.05) is 6.92 Å². The van der Waals surface area contributed by atoms with Crippen LogP contribution in [0.1, 0.15) is 23.0 Å². The number of methoxy groups -OCH3 is 1. The Labute approximate surface area is 181 Å². The molecule has 2 heterocycles. The monoisotopic (exact) mass is 440 g/mol. The minimum absolute atomic E-state index is 0.0713. The van der Waals surface area contributed by atoms with Crippen molar-refractivity contribution in [1.29, 1.82) is 0 Å². The van der Waals surface area contributed by atoms with Gasteiger partial charge in [-0.2, -0.15) is 0 Å². The number of esters is 1. The lowest BCUT2D eigenvalue weighted by atomic mass is 10.2. The van der Waals surface area contributed by atoms with Crippen LogP contribution in [0, 0.1) is 17.0 Å². The van der Waals surface area contributed by atoms with Gasteiger partial charge in [-0.25, -0.2) is 9.78 Å². The molecule has 11 heteroatoms. The highest BCUT2D eigenvalue weighted by molar-refractivity contribution is 5.97. The number of nitro benzene ring substituents is 1. The lowest BCUT2D eigenvalue weighted by Gasteiger charge is -2.12. The van der Waals surface area contributed by atoms with Crippen LogP contribution < -0.4 is 15.5 Å². The quantitative estimate of drug-likeness (QED) is 0.335. The number of hydrogen-bond donors (Lipinski definition) is 1. The Morgan fingerprint density at radius 1 is 1.25 bits per heavy atom. The van der Waals surface area contributed by atoms with Gasteiger partial charge in [-0.1, -0.05) is 0 Å². The van der Waals surface area contributed by atoms with Crippen LogP contribution in [0.25, 0.3) is 11.0 Å². The first-order valence-electron chi connectivity index (χ1n) is 9.55. The van der Waals surface area contributed by atoms with Crippen molar-refractivity contribution >= 4 is 34.3 Å². The summed E-state index contributed by atoms with van der Waals surface area (Å²) in [4.78, 5) is 52.1. The van der Waals surface area contributed by atoms with Crippen molar-refractivity contribution in [2.75, 3.05) is 19.0 Å². The van der Waals surface area contributed by atoms with E-state index in [0.717, 1.165) is 11.8 Å². The van der Waals surface area contributed by atoms with E-state index in [9.17, 15) is 24.5 Å². The molecule has 0 aliphatic rings. The molecule has 3 aromatic rings. The number of ether oxygens (including phenoxy) is 2. The van der Waals surface area contributed by atoms with Gasteiger partial charge in [0.15, 0.2) is 6.61 Å². The van der Waals surface area contributed by atoms with Crippen molar-refractivity contribution in [3.8, 4) is 5.75 Å². The van der Waals surface area contributed by atoms with Crippen LogP contribution in [0.4, 0.5) is 11.4 Å². The van der Waals surface area contributed by atoms with E-state index < -0.39 is 28.8 Å². The van der Waals surface area contributed by atoms with Gasteiger partial charge in [0, 0.05) is 24.5 Å². The van der Waals surface area contributed by atoms with Crippen molar-refractivity contribution in [2.45, 2.75) is 20.4 Å². The molecular weight excluding hydrogens is 420 g/mol. The summed E-state index contributed by atoms with van der Waals surface area (Å²) in [6.07, 6.45) is 1.36. The zero-order valence-electron chi connectivity index (χ0n) is 17.6. The molecule has 0 radical (unpaired) electrons. The summed E-state index contributed by atoms with van der Waals surface area (Å²) in [6, 6.07) is 6.91. The number of carbonyl (C=O) groups is 2. The van der Waals surface area contributed by atoms with Gasteiger partial charge in [0.25, 0.3) is 11.6 Å². The Hall–Kier alpha value is -4.28. The van der Waals surface area contributed by atoms with E-state index in [1.54, 1.807) is 23.6 Å². The molecule has 0 unspecified atom stereocenters. The molecule has 1 N–H and O–H groups in total. The fourth-order valence-corrected chi connectivity index (χ4v) is 3.04. The fraction of sp³-hybridized carbons (Fsp3) is 0.238. The molecular formula is C21H20N4O7. The highest BCUT2D eigenvalue weighted by atomic mass is 16.6. The van der Waals surface area contributed by atoms with Crippen molar-refractivity contribution < 1.29 is 24.0 Å². The summed E-state index contributed by atoms with van der Waals surface area (Å²) < 4.78 is 11.7. The van der Waals surface area contributed by atoms with Gasteiger partial charge in [-0.05, 0) is 32.0 Å². The molecule has 1 aromatic carbocycles.